The van der Waals surface area contributed by atoms with Gasteiger partial charge in [-0.15, -0.1) is 5.53 Å². The van der Waals surface area contributed by atoms with E-state index in [-0.39, 0.29) is 22.3 Å². The second-order valence-electron chi connectivity index (χ2n) is 22.5. The summed E-state index contributed by atoms with van der Waals surface area (Å²) in [5.41, 5.74) is 29.4. The smallest absolute Gasteiger partial charge is 0.423 e. The van der Waals surface area contributed by atoms with Crippen LogP contribution in [0, 0.1) is 20.2 Å². The number of hydrazine groups is 2. The Hall–Kier alpha value is -11.5. The monoisotopic (exact) mass is 1770 g/mol. The molecule has 9 heterocycles. The van der Waals surface area contributed by atoms with Gasteiger partial charge in [0.15, 0.2) is 11.6 Å². The highest BCUT2D eigenvalue weighted by Crippen LogP contribution is 2.36. The number of pyridine rings is 6. The van der Waals surface area contributed by atoms with E-state index in [1.54, 1.807) is 48.9 Å². The van der Waals surface area contributed by atoms with Crippen LogP contribution < -0.4 is 43.5 Å². The molecule has 0 unspecified atom stereocenters. The third-order valence-electron chi connectivity index (χ3n) is 15.1. The Balaban J connectivity index is 0.000000134. The van der Waals surface area contributed by atoms with Crippen molar-refractivity contribution in [1.82, 2.24) is 45.4 Å². The minimum absolute atomic E-state index is 0.0486. The quantitative estimate of drug-likeness (QED) is 0.0211. The summed E-state index contributed by atoms with van der Waals surface area (Å²) in [6, 6.07) is 83.7. The van der Waals surface area contributed by atoms with Crippen LogP contribution in [0.1, 0.15) is 0 Å². The summed E-state index contributed by atoms with van der Waals surface area (Å²) >= 11 is 22.4. The lowest BCUT2D eigenvalue weighted by Crippen LogP contribution is -2.31. The number of nitro groups is 2. The molecule has 17 rings (SSSR count). The van der Waals surface area contributed by atoms with Gasteiger partial charge in [0.05, 0.1) is 26.9 Å². The molecule has 540 valence electrons. The maximum atomic E-state index is 10.8. The fraction of sp³-hybridized carbons (Fsp3) is 0. The zero-order valence-electron chi connectivity index (χ0n) is 56.4. The van der Waals surface area contributed by atoms with Gasteiger partial charge < -0.3 is 42.1 Å². The Morgan fingerprint density at radius 2 is 0.954 bits per heavy atom. The number of aromatic nitrogens is 8. The van der Waals surface area contributed by atoms with E-state index < -0.39 is 17.0 Å². The van der Waals surface area contributed by atoms with Crippen LogP contribution in [0.4, 0.5) is 63.0 Å². The molecule has 0 bridgehead atoms. The number of hydrogen-bond acceptors (Lipinski definition) is 19. The molecule has 12 N–H and O–H groups in total. The molecule has 0 saturated heterocycles. The molecule has 0 spiro atoms. The first-order valence-corrected chi connectivity index (χ1v) is 36.7. The van der Waals surface area contributed by atoms with Crippen molar-refractivity contribution >= 4 is 211 Å². The fourth-order valence-corrected chi connectivity index (χ4v) is 12.6. The second-order valence-corrected chi connectivity index (χ2v) is 27.4. The van der Waals surface area contributed by atoms with Gasteiger partial charge in [-0.05, 0) is 168 Å². The number of anilines is 9. The largest absolute Gasteiger partial charge is 0.488 e. The predicted octanol–water partition coefficient (Wildman–Crippen LogP) is 20.4. The molecule has 0 fully saturated rings. The molecule has 0 saturated carbocycles. The summed E-state index contributed by atoms with van der Waals surface area (Å²) < 4.78 is 5.08. The van der Waals surface area contributed by atoms with Crippen LogP contribution in [0.2, 0.25) is 5.15 Å². The van der Waals surface area contributed by atoms with Crippen molar-refractivity contribution < 1.29 is 19.9 Å². The standard InChI is InChI=1S/C17H12N2.C11H9BrN4.C11H8BrN3O2.C11H10BrN3.C11H7BrN2.C6H7BO2.C6H6BrN.C5H3ClN2O2/c1-2-6-12(7-3-1)13-8-4-10-15-16(13)14-9-5-11-18-17(14)19-15;12-8-3-1-4-9(7-8)16-11-10(14-15-16)5-2-6-13-11;12-8-3-1-4-9(7-8)14-11-10(15(16)17)5-2-6-13-11;12-8-3-1-4-9(7-8)15-11-10(13)5-2-6-14-11;12-8-4-1-5-9-10(8)7-3-2-6-13-11(7)14-9;8-7(9)6-4-2-1-3-5-6;7-5-2-1-3-6(8)4-5;6-5-4(8(9)10)2-1-3-7-5/h1-11H,(H,18,19);1-7,14-15H;1-7H,(H,13,14);1-7H,13H2,(H,14,15);1-6H,(H,13,14);1-5,8-9H;1-4H,8H2;1-3H. The van der Waals surface area contributed by atoms with Crippen LogP contribution in [-0.2, 0) is 0 Å². The van der Waals surface area contributed by atoms with Crippen molar-refractivity contribution in [2.24, 2.45) is 0 Å². The van der Waals surface area contributed by atoms with E-state index in [4.69, 9.17) is 33.1 Å². The third-order valence-corrected chi connectivity index (χ3v) is 18.0. The first-order chi connectivity index (χ1) is 52.4. The summed E-state index contributed by atoms with van der Waals surface area (Å²) in [5, 5.41) is 50.7. The van der Waals surface area contributed by atoms with Gasteiger partial charge in [-0.2, -0.15) is 0 Å². The average Bonchev–Trinajstić information content (AvgIpc) is 1.55. The summed E-state index contributed by atoms with van der Waals surface area (Å²) in [6.45, 7) is 0. The number of nitrogen functional groups attached to an aromatic ring is 2. The van der Waals surface area contributed by atoms with Crippen molar-refractivity contribution in [2.75, 3.05) is 32.5 Å². The number of H-pyrrole nitrogens is 2. The Labute approximate surface area is 666 Å². The van der Waals surface area contributed by atoms with Crippen LogP contribution in [0.5, 0.6) is 0 Å². The Bertz CT molecular complexity index is 5650. The molecule has 30 heteroatoms. The maximum absolute atomic E-state index is 10.8. The highest BCUT2D eigenvalue weighted by molar-refractivity contribution is 9.11. The van der Waals surface area contributed by atoms with Gasteiger partial charge in [0.25, 0.3) is 0 Å². The van der Waals surface area contributed by atoms with E-state index in [2.05, 4.69) is 202 Å². The molecule has 0 radical (unpaired) electrons. The van der Waals surface area contributed by atoms with Gasteiger partial charge in [0.1, 0.15) is 11.3 Å². The molecule has 0 atom stereocenters. The van der Waals surface area contributed by atoms with Crippen LogP contribution in [-0.4, -0.2) is 66.9 Å². The summed E-state index contributed by atoms with van der Waals surface area (Å²) in [4.78, 5) is 51.2. The predicted molar refractivity (Wildman–Crippen MR) is 453 cm³/mol. The van der Waals surface area contributed by atoms with Crippen LogP contribution >= 0.6 is 91.3 Å². The van der Waals surface area contributed by atoms with Gasteiger partial charge >= 0.3 is 18.5 Å². The molecule has 8 aromatic carbocycles. The first kappa shape index (κ1) is 79.1. The van der Waals surface area contributed by atoms with E-state index in [1.165, 1.54) is 63.9 Å². The lowest BCUT2D eigenvalue weighted by Gasteiger charge is -2.16. The van der Waals surface area contributed by atoms with E-state index >= 15 is 0 Å². The first-order valence-electron chi connectivity index (χ1n) is 32.3. The lowest BCUT2D eigenvalue weighted by molar-refractivity contribution is -0.385. The van der Waals surface area contributed by atoms with Crippen molar-refractivity contribution in [3.8, 4) is 11.1 Å². The molecule has 23 nitrogen and oxygen atoms in total. The molecule has 0 aliphatic carbocycles. The van der Waals surface area contributed by atoms with Gasteiger partial charge in [-0.3, -0.25) is 25.7 Å². The second kappa shape index (κ2) is 39.7. The normalized spacial score (nSPS) is 10.6. The number of hydrogen-bond donors (Lipinski definition) is 10. The number of nitrogens with two attached hydrogens (primary N) is 2. The van der Waals surface area contributed by atoms with Crippen molar-refractivity contribution in [3.05, 3.63) is 352 Å². The zero-order valence-corrected chi connectivity index (χ0v) is 65.1. The molecular weight excluding hydrogens is 1720 g/mol. The summed E-state index contributed by atoms with van der Waals surface area (Å²) in [7, 11) is -1.34. The minimum Gasteiger partial charge on any atom is -0.423 e. The van der Waals surface area contributed by atoms with Crippen molar-refractivity contribution in [3.63, 3.8) is 0 Å². The molecule has 1 aliphatic heterocycles. The van der Waals surface area contributed by atoms with Crippen LogP contribution in [0.15, 0.2) is 326 Å². The lowest BCUT2D eigenvalue weighted by atomic mass is 9.81. The zero-order chi connectivity index (χ0) is 76.3. The Kier molecular flexibility index (Phi) is 29.1. The summed E-state index contributed by atoms with van der Waals surface area (Å²) in [5.74, 6) is 1.78. The molecule has 16 aromatic rings. The molecule has 1 aliphatic rings. The van der Waals surface area contributed by atoms with Gasteiger partial charge in [-0.1, -0.05) is 194 Å². The molecule has 8 aromatic heterocycles. The number of benzene rings is 8. The number of halogens is 6. The van der Waals surface area contributed by atoms with Crippen molar-refractivity contribution in [2.45, 2.75) is 0 Å². The highest BCUT2D eigenvalue weighted by atomic mass is 79.9. The fourth-order valence-electron chi connectivity index (χ4n) is 10.2. The minimum atomic E-state index is -1.34. The Morgan fingerprint density at radius 1 is 0.463 bits per heavy atom. The topological polar surface area (TPSA) is 339 Å². The highest BCUT2D eigenvalue weighted by Gasteiger charge is 2.21. The number of aromatic amines is 2. The van der Waals surface area contributed by atoms with Crippen LogP contribution in [0.3, 0.4) is 0 Å². The van der Waals surface area contributed by atoms with Crippen molar-refractivity contribution in [1.29, 1.82) is 0 Å². The van der Waals surface area contributed by atoms with E-state index in [0.717, 1.165) is 84.3 Å². The third kappa shape index (κ3) is 22.5. The van der Waals surface area contributed by atoms with E-state index in [0.29, 0.717) is 17.0 Å². The summed E-state index contributed by atoms with van der Waals surface area (Å²) in [6.07, 6.45) is 10.0. The number of nitrogens with one attached hydrogen (secondary N) is 6. The van der Waals surface area contributed by atoms with Gasteiger partial charge in [-0.25, -0.2) is 34.9 Å². The Morgan fingerprint density at radius 3 is 1.51 bits per heavy atom. The number of rotatable bonds is 9. The molecular formula is C78H62BBr5ClN17O6. The van der Waals surface area contributed by atoms with E-state index in [1.807, 2.05) is 163 Å². The van der Waals surface area contributed by atoms with Gasteiger partial charge in [0, 0.05) is 121 Å². The van der Waals surface area contributed by atoms with Gasteiger partial charge in [0.2, 0.25) is 11.0 Å². The number of nitrogens with zero attached hydrogens (tertiary/aromatic N) is 9. The average molecular weight is 1780 g/mol. The SMILES string of the molecule is Brc1cccc(N2NNc3cccnc32)c1.Brc1cccc2[nH]c3ncccc3c12.Nc1cccc(Br)c1.Nc1cccnc1Nc1cccc(Br)c1.O=[N+]([O-])c1cccnc1Cl.O=[N+]([O-])c1cccnc1Nc1cccc(Br)c1.OB(O)c1ccccc1.c1ccc(-c2cccc3[nH]c4ncccc4c23)cc1. The maximum Gasteiger partial charge on any atom is 0.488 e. The number of fused-ring (bicyclic) bond motifs is 7. The van der Waals surface area contributed by atoms with E-state index in [9.17, 15) is 20.2 Å². The van der Waals surface area contributed by atoms with Crippen LogP contribution in [0.25, 0.3) is 55.0 Å². The molecule has 0 amide bonds. The molecule has 108 heavy (non-hydrogen) atoms.